The van der Waals surface area contributed by atoms with Crippen molar-refractivity contribution in [2.75, 3.05) is 0 Å². The molecule has 2 N–H and O–H groups in total. The molecule has 1 aromatic heterocycles. The van der Waals surface area contributed by atoms with Crippen LogP contribution in [0.4, 0.5) is 0 Å². The summed E-state index contributed by atoms with van der Waals surface area (Å²) in [7, 11) is 0. The second kappa shape index (κ2) is 5.06. The summed E-state index contributed by atoms with van der Waals surface area (Å²) in [5, 5.41) is 11.0. The molecule has 1 amide bonds. The van der Waals surface area contributed by atoms with E-state index in [-0.39, 0.29) is 57.1 Å². The number of para-hydroxylation sites is 1. The fourth-order valence-electron chi connectivity index (χ4n) is 1.25. The minimum Gasteiger partial charge on any atom is -0.759 e. The third-order valence-electron chi connectivity index (χ3n) is 1.87. The quantitative estimate of drug-likeness (QED) is 0.443. The molecule has 0 fully saturated rings. The third kappa shape index (κ3) is 2.25. The van der Waals surface area contributed by atoms with E-state index in [1.54, 1.807) is 6.07 Å². The van der Waals surface area contributed by atoms with Gasteiger partial charge in [0.25, 0.3) is 5.91 Å². The topological polar surface area (TPSA) is 67.9 Å². The van der Waals surface area contributed by atoms with Crippen LogP contribution in [0.2, 0.25) is 0 Å². The molecule has 0 unspecified atom stereocenters. The van der Waals surface area contributed by atoms with Gasteiger partial charge >= 0.3 is 51.4 Å². The largest absolute Gasteiger partial charge is 1.00 e. The van der Waals surface area contributed by atoms with E-state index in [1.165, 1.54) is 5.48 Å². The number of aromatic amines is 1. The predicted octanol–water partition coefficient (Wildman–Crippen LogP) is -1.60. The summed E-state index contributed by atoms with van der Waals surface area (Å²) in [4.78, 5) is 13.8. The van der Waals surface area contributed by atoms with Gasteiger partial charge in [-0.1, -0.05) is 18.2 Å². The van der Waals surface area contributed by atoms with Crippen molar-refractivity contribution in [3.05, 3.63) is 41.2 Å². The maximum atomic E-state index is 10.9. The minimum atomic E-state index is -0.642. The van der Waals surface area contributed by atoms with Crippen molar-refractivity contribution in [2.24, 2.45) is 0 Å². The summed E-state index contributed by atoms with van der Waals surface area (Å²) in [5.41, 5.74) is 2.46. The Morgan fingerprint density at radius 3 is 2.71 bits per heavy atom. The Kier molecular flexibility index (Phi) is 4.30. The first-order valence-electron chi connectivity index (χ1n) is 3.81. The SMILES string of the molecule is O=C(N[O-])c1cc2ccccc2[nH]1.[K+]. The monoisotopic (exact) mass is 214 g/mol. The standard InChI is InChI=1S/C9H7N2O2.K/c12-9(11-13)8-5-6-3-1-2-4-7(6)10-8;/h1-5H,(H2-,10,11,12,13);/q-1;+1. The maximum absolute atomic E-state index is 10.9. The second-order valence-corrected chi connectivity index (χ2v) is 2.70. The molecule has 0 aliphatic carbocycles. The van der Waals surface area contributed by atoms with Crippen LogP contribution in [0.25, 0.3) is 10.9 Å². The first-order valence-corrected chi connectivity index (χ1v) is 3.81. The number of H-pyrrole nitrogens is 1. The number of aromatic nitrogens is 1. The molecule has 2 rings (SSSR count). The van der Waals surface area contributed by atoms with Gasteiger partial charge in [-0.15, -0.1) is 0 Å². The molecule has 5 heteroatoms. The van der Waals surface area contributed by atoms with Crippen LogP contribution in [-0.2, 0) is 0 Å². The van der Waals surface area contributed by atoms with Gasteiger partial charge < -0.3 is 15.7 Å². The molecule has 0 bridgehead atoms. The summed E-state index contributed by atoms with van der Waals surface area (Å²) in [6, 6.07) is 9.08. The van der Waals surface area contributed by atoms with Gasteiger partial charge in [-0.2, -0.15) is 0 Å². The Morgan fingerprint density at radius 1 is 1.36 bits per heavy atom. The molecular weight excluding hydrogens is 207 g/mol. The maximum Gasteiger partial charge on any atom is 1.00 e. The van der Waals surface area contributed by atoms with Crippen LogP contribution in [0, 0.1) is 5.21 Å². The van der Waals surface area contributed by atoms with Crippen molar-refractivity contribution in [1.29, 1.82) is 0 Å². The number of hydrogen-bond donors (Lipinski definition) is 2. The van der Waals surface area contributed by atoms with Gasteiger partial charge in [0, 0.05) is 10.9 Å². The number of carbonyl (C=O) groups excluding carboxylic acids is 1. The zero-order chi connectivity index (χ0) is 9.26. The molecule has 1 aromatic carbocycles. The molecule has 2 aromatic rings. The van der Waals surface area contributed by atoms with Crippen LogP contribution in [0.1, 0.15) is 10.5 Å². The van der Waals surface area contributed by atoms with Crippen LogP contribution in [0.5, 0.6) is 0 Å². The van der Waals surface area contributed by atoms with Crippen molar-refractivity contribution in [3.63, 3.8) is 0 Å². The van der Waals surface area contributed by atoms with Crippen LogP contribution in [0.3, 0.4) is 0 Å². The van der Waals surface area contributed by atoms with Crippen molar-refractivity contribution in [2.45, 2.75) is 0 Å². The van der Waals surface area contributed by atoms with E-state index in [9.17, 15) is 10.0 Å². The Balaban J connectivity index is 0.000000980. The predicted molar refractivity (Wildman–Crippen MR) is 49.1 cm³/mol. The number of fused-ring (bicyclic) bond motifs is 1. The van der Waals surface area contributed by atoms with Crippen molar-refractivity contribution < 1.29 is 56.2 Å². The van der Waals surface area contributed by atoms with Crippen LogP contribution in [0.15, 0.2) is 30.3 Å². The molecule has 1 heterocycles. The average Bonchev–Trinajstić information content (AvgIpc) is 2.59. The summed E-state index contributed by atoms with van der Waals surface area (Å²) in [5.74, 6) is -0.642. The summed E-state index contributed by atoms with van der Waals surface area (Å²) >= 11 is 0. The molecular formula is C9H7KN2O2. The van der Waals surface area contributed by atoms with Crippen LogP contribution in [-0.4, -0.2) is 10.9 Å². The number of amides is 1. The number of nitrogens with one attached hydrogen (secondary N) is 2. The fraction of sp³-hybridized carbons (Fsp3) is 0. The van der Waals surface area contributed by atoms with E-state index in [0.717, 1.165) is 10.9 Å². The summed E-state index contributed by atoms with van der Waals surface area (Å²) in [6.07, 6.45) is 0. The Hall–Kier alpha value is -0.174. The van der Waals surface area contributed by atoms with Crippen LogP contribution >= 0.6 is 0 Å². The van der Waals surface area contributed by atoms with E-state index in [0.29, 0.717) is 0 Å². The molecule has 4 nitrogen and oxygen atoms in total. The second-order valence-electron chi connectivity index (χ2n) is 2.70. The van der Waals surface area contributed by atoms with E-state index in [2.05, 4.69) is 4.98 Å². The Morgan fingerprint density at radius 2 is 2.07 bits per heavy atom. The van der Waals surface area contributed by atoms with E-state index >= 15 is 0 Å². The normalized spacial score (nSPS) is 9.50. The Bertz CT molecular complexity index is 420. The fourth-order valence-corrected chi connectivity index (χ4v) is 1.25. The molecule has 0 spiro atoms. The first kappa shape index (κ1) is 11.9. The number of hydrogen-bond acceptors (Lipinski definition) is 2. The third-order valence-corrected chi connectivity index (χ3v) is 1.87. The molecule has 0 radical (unpaired) electrons. The van der Waals surface area contributed by atoms with Gasteiger partial charge in [-0.3, -0.25) is 4.79 Å². The number of rotatable bonds is 1. The molecule has 66 valence electrons. The molecule has 0 atom stereocenters. The van der Waals surface area contributed by atoms with Gasteiger partial charge in [0.1, 0.15) is 5.69 Å². The zero-order valence-electron chi connectivity index (χ0n) is 7.70. The smallest absolute Gasteiger partial charge is 0.759 e. The van der Waals surface area contributed by atoms with Gasteiger partial charge in [0.05, 0.1) is 0 Å². The first-order chi connectivity index (χ1) is 6.31. The number of hydroxylamine groups is 1. The molecule has 0 aliphatic rings. The van der Waals surface area contributed by atoms with Crippen molar-refractivity contribution in [1.82, 2.24) is 10.5 Å². The number of benzene rings is 1. The summed E-state index contributed by atoms with van der Waals surface area (Å²) < 4.78 is 0. The molecule has 0 saturated heterocycles. The molecule has 0 aliphatic heterocycles. The van der Waals surface area contributed by atoms with Gasteiger partial charge in [-0.05, 0) is 12.1 Å². The van der Waals surface area contributed by atoms with Crippen molar-refractivity contribution in [3.8, 4) is 0 Å². The van der Waals surface area contributed by atoms with Gasteiger partial charge in [0.15, 0.2) is 0 Å². The summed E-state index contributed by atoms with van der Waals surface area (Å²) in [6.45, 7) is 0. The average molecular weight is 214 g/mol. The Labute approximate surface area is 123 Å². The van der Waals surface area contributed by atoms with E-state index in [1.807, 2.05) is 24.3 Å². The van der Waals surface area contributed by atoms with Gasteiger partial charge in [0.2, 0.25) is 0 Å². The van der Waals surface area contributed by atoms with Gasteiger partial charge in [-0.25, -0.2) is 0 Å². The van der Waals surface area contributed by atoms with Crippen molar-refractivity contribution >= 4 is 16.8 Å². The van der Waals surface area contributed by atoms with Crippen LogP contribution < -0.4 is 56.9 Å². The molecule has 14 heavy (non-hydrogen) atoms. The zero-order valence-corrected chi connectivity index (χ0v) is 10.8. The number of carbonyl (C=O) groups is 1. The minimum absolute atomic E-state index is 0. The molecule has 0 saturated carbocycles. The van der Waals surface area contributed by atoms with E-state index in [4.69, 9.17) is 0 Å². The van der Waals surface area contributed by atoms with E-state index < -0.39 is 5.91 Å².